The summed E-state index contributed by atoms with van der Waals surface area (Å²) < 4.78 is 10.8. The normalized spacial score (nSPS) is 20.1. The lowest BCUT2D eigenvalue weighted by atomic mass is 9.84. The Balaban J connectivity index is 1.80. The highest BCUT2D eigenvalue weighted by atomic mass is 16.5. The van der Waals surface area contributed by atoms with Crippen LogP contribution in [0.3, 0.4) is 0 Å². The van der Waals surface area contributed by atoms with E-state index in [-0.39, 0.29) is 23.6 Å². The van der Waals surface area contributed by atoms with Gasteiger partial charge in [-0.1, -0.05) is 42.8 Å². The van der Waals surface area contributed by atoms with Crippen molar-refractivity contribution in [3.8, 4) is 5.75 Å². The molecule has 0 aliphatic heterocycles. The zero-order chi connectivity index (χ0) is 19.9. The van der Waals surface area contributed by atoms with E-state index in [0.29, 0.717) is 5.56 Å². The minimum atomic E-state index is -0.410. The summed E-state index contributed by atoms with van der Waals surface area (Å²) in [6.07, 6.45) is 6.10. The topological polar surface area (TPSA) is 52.6 Å². The van der Waals surface area contributed by atoms with Crippen LogP contribution in [0.15, 0.2) is 60.7 Å². The summed E-state index contributed by atoms with van der Waals surface area (Å²) in [5, 5.41) is 0. The number of carbonyl (C=O) groups is 2. The van der Waals surface area contributed by atoms with Gasteiger partial charge in [0.05, 0.1) is 7.11 Å². The molecule has 4 heteroatoms. The third-order valence-electron chi connectivity index (χ3n) is 5.28. The molecule has 0 N–H and O–H groups in total. The maximum absolute atomic E-state index is 13.1. The predicted molar refractivity (Wildman–Crippen MR) is 109 cm³/mol. The van der Waals surface area contributed by atoms with Gasteiger partial charge in [0, 0.05) is 24.3 Å². The molecule has 1 fully saturated rings. The fourth-order valence-electron chi connectivity index (χ4n) is 3.91. The number of hydrogen-bond acceptors (Lipinski definition) is 4. The number of carbonyl (C=O) groups excluding carboxylic acids is 2. The van der Waals surface area contributed by atoms with Crippen molar-refractivity contribution >= 4 is 17.8 Å². The van der Waals surface area contributed by atoms with Crippen LogP contribution in [0.1, 0.15) is 42.1 Å². The third kappa shape index (κ3) is 4.89. The predicted octanol–water partition coefficient (Wildman–Crippen LogP) is 4.94. The van der Waals surface area contributed by atoms with E-state index in [1.165, 1.54) is 6.92 Å². The maximum Gasteiger partial charge on any atom is 0.303 e. The lowest BCUT2D eigenvalue weighted by Crippen LogP contribution is -2.31. The molecule has 1 aliphatic carbocycles. The molecule has 0 spiro atoms. The molecule has 28 heavy (non-hydrogen) atoms. The molecule has 0 heterocycles. The number of benzene rings is 2. The van der Waals surface area contributed by atoms with Crippen LogP contribution in [0.2, 0.25) is 0 Å². The average molecular weight is 378 g/mol. The molecule has 0 radical (unpaired) electrons. The Bertz CT molecular complexity index is 823. The molecule has 3 rings (SSSR count). The Morgan fingerprint density at radius 1 is 1.04 bits per heavy atom. The number of ketones is 1. The van der Waals surface area contributed by atoms with Crippen molar-refractivity contribution in [2.75, 3.05) is 7.11 Å². The Morgan fingerprint density at radius 3 is 2.39 bits per heavy atom. The van der Waals surface area contributed by atoms with Gasteiger partial charge < -0.3 is 9.47 Å². The van der Waals surface area contributed by atoms with E-state index in [0.717, 1.165) is 30.6 Å². The van der Waals surface area contributed by atoms with Crippen LogP contribution < -0.4 is 4.74 Å². The first-order valence-corrected chi connectivity index (χ1v) is 9.67. The second-order valence-corrected chi connectivity index (χ2v) is 7.14. The van der Waals surface area contributed by atoms with Crippen molar-refractivity contribution in [1.82, 2.24) is 0 Å². The molecular weight excluding hydrogens is 352 g/mol. The quantitative estimate of drug-likeness (QED) is 0.506. The third-order valence-corrected chi connectivity index (χ3v) is 5.28. The Labute approximate surface area is 166 Å². The highest BCUT2D eigenvalue weighted by Gasteiger charge is 2.38. The summed E-state index contributed by atoms with van der Waals surface area (Å²) >= 11 is 0. The summed E-state index contributed by atoms with van der Waals surface area (Å²) in [6, 6.07) is 17.1. The zero-order valence-corrected chi connectivity index (χ0v) is 16.3. The molecule has 0 amide bonds. The van der Waals surface area contributed by atoms with Crippen molar-refractivity contribution in [3.63, 3.8) is 0 Å². The molecule has 146 valence electrons. The molecule has 1 unspecified atom stereocenters. The number of ether oxygens (including phenoxy) is 2. The summed E-state index contributed by atoms with van der Waals surface area (Å²) in [5.74, 6) is 0.334. The van der Waals surface area contributed by atoms with Gasteiger partial charge in [-0.2, -0.15) is 0 Å². The Hall–Kier alpha value is -2.88. The van der Waals surface area contributed by atoms with Gasteiger partial charge in [0.15, 0.2) is 5.78 Å². The average Bonchev–Trinajstić information content (AvgIpc) is 3.21. The van der Waals surface area contributed by atoms with Crippen LogP contribution in [0.5, 0.6) is 5.75 Å². The van der Waals surface area contributed by atoms with Crippen LogP contribution in [0.4, 0.5) is 0 Å². The van der Waals surface area contributed by atoms with E-state index in [1.54, 1.807) is 31.4 Å². The number of methoxy groups -OCH3 is 1. The second-order valence-electron chi connectivity index (χ2n) is 7.14. The SMILES string of the molecule is COc1ccc(C(=O)[C@H]2CCC[C@@H]2C(/C=C/c2ccccc2)OC(C)=O)cc1. The van der Waals surface area contributed by atoms with Gasteiger partial charge in [-0.05, 0) is 48.7 Å². The van der Waals surface area contributed by atoms with E-state index in [2.05, 4.69) is 0 Å². The molecule has 0 bridgehead atoms. The second kappa shape index (κ2) is 9.36. The number of rotatable bonds is 7. The van der Waals surface area contributed by atoms with Crippen LogP contribution in [-0.2, 0) is 9.53 Å². The van der Waals surface area contributed by atoms with E-state index in [4.69, 9.17) is 9.47 Å². The van der Waals surface area contributed by atoms with Crippen LogP contribution in [0.25, 0.3) is 6.08 Å². The minimum Gasteiger partial charge on any atom is -0.497 e. The molecule has 0 aromatic heterocycles. The molecular formula is C24H26O4. The monoisotopic (exact) mass is 378 g/mol. The van der Waals surface area contributed by atoms with Gasteiger partial charge in [0.2, 0.25) is 0 Å². The first-order valence-electron chi connectivity index (χ1n) is 9.67. The van der Waals surface area contributed by atoms with E-state index < -0.39 is 6.10 Å². The minimum absolute atomic E-state index is 0.0153. The Morgan fingerprint density at radius 2 is 1.75 bits per heavy atom. The smallest absolute Gasteiger partial charge is 0.303 e. The first-order chi connectivity index (χ1) is 13.6. The largest absolute Gasteiger partial charge is 0.497 e. The molecule has 1 aliphatic rings. The number of Topliss-reactive ketones (excluding diaryl/α,β-unsaturated/α-hetero) is 1. The van der Waals surface area contributed by atoms with Crippen LogP contribution in [0, 0.1) is 11.8 Å². The van der Waals surface area contributed by atoms with E-state index in [1.807, 2.05) is 42.5 Å². The Kier molecular flexibility index (Phi) is 6.64. The molecule has 2 aromatic carbocycles. The molecule has 4 nitrogen and oxygen atoms in total. The number of hydrogen-bond donors (Lipinski definition) is 0. The highest BCUT2D eigenvalue weighted by molar-refractivity contribution is 5.98. The van der Waals surface area contributed by atoms with E-state index >= 15 is 0 Å². The summed E-state index contributed by atoms with van der Waals surface area (Å²) in [5.41, 5.74) is 1.71. The van der Waals surface area contributed by atoms with Gasteiger partial charge in [-0.25, -0.2) is 0 Å². The summed E-state index contributed by atoms with van der Waals surface area (Å²) in [7, 11) is 1.60. The van der Waals surface area contributed by atoms with Crippen LogP contribution >= 0.6 is 0 Å². The summed E-state index contributed by atoms with van der Waals surface area (Å²) in [4.78, 5) is 24.8. The zero-order valence-electron chi connectivity index (χ0n) is 16.3. The van der Waals surface area contributed by atoms with Gasteiger partial charge >= 0.3 is 5.97 Å². The molecule has 2 aromatic rings. The lowest BCUT2D eigenvalue weighted by Gasteiger charge is -2.25. The fourth-order valence-corrected chi connectivity index (χ4v) is 3.91. The van der Waals surface area contributed by atoms with E-state index in [9.17, 15) is 9.59 Å². The van der Waals surface area contributed by atoms with Gasteiger partial charge in [-0.15, -0.1) is 0 Å². The van der Waals surface area contributed by atoms with Crippen LogP contribution in [-0.4, -0.2) is 25.0 Å². The fraction of sp³-hybridized carbons (Fsp3) is 0.333. The van der Waals surface area contributed by atoms with Crippen molar-refractivity contribution in [2.45, 2.75) is 32.3 Å². The highest BCUT2D eigenvalue weighted by Crippen LogP contribution is 2.38. The molecule has 3 atom stereocenters. The van der Waals surface area contributed by atoms with Gasteiger partial charge in [0.25, 0.3) is 0 Å². The number of esters is 1. The molecule has 0 saturated heterocycles. The van der Waals surface area contributed by atoms with Crippen molar-refractivity contribution in [2.24, 2.45) is 11.8 Å². The lowest BCUT2D eigenvalue weighted by molar-refractivity contribution is -0.146. The summed E-state index contributed by atoms with van der Waals surface area (Å²) in [6.45, 7) is 1.42. The van der Waals surface area contributed by atoms with Crippen molar-refractivity contribution in [1.29, 1.82) is 0 Å². The van der Waals surface area contributed by atoms with Crippen molar-refractivity contribution < 1.29 is 19.1 Å². The molecule has 1 saturated carbocycles. The first kappa shape index (κ1) is 19.9. The standard InChI is InChI=1S/C24H26O4/c1-17(25)28-23(16-11-18-7-4-3-5-8-18)21-9-6-10-22(21)24(26)19-12-14-20(27-2)15-13-19/h3-5,7-8,11-16,21-23H,6,9-10H2,1-2H3/b16-11+/t21-,22-,23?/m0/s1. The van der Waals surface area contributed by atoms with Crippen molar-refractivity contribution in [3.05, 3.63) is 71.8 Å². The van der Waals surface area contributed by atoms with Gasteiger partial charge in [0.1, 0.15) is 11.9 Å². The van der Waals surface area contributed by atoms with Gasteiger partial charge in [-0.3, -0.25) is 9.59 Å². The maximum atomic E-state index is 13.1.